The number of amides is 3. The van der Waals surface area contributed by atoms with E-state index in [1.807, 2.05) is 54.6 Å². The lowest BCUT2D eigenvalue weighted by Crippen LogP contribution is -2.49. The monoisotopic (exact) mass is 266 g/mol. The third-order valence-electron chi connectivity index (χ3n) is 3.33. The number of hydrogen-bond acceptors (Lipinski definition) is 2. The summed E-state index contributed by atoms with van der Waals surface area (Å²) < 4.78 is 0. The van der Waals surface area contributed by atoms with Gasteiger partial charge in [-0.3, -0.25) is 15.0 Å². The first-order chi connectivity index (χ1) is 9.75. The van der Waals surface area contributed by atoms with E-state index in [0.717, 1.165) is 16.8 Å². The van der Waals surface area contributed by atoms with Gasteiger partial charge in [0.2, 0.25) is 5.91 Å². The van der Waals surface area contributed by atoms with Crippen LogP contribution in [0.1, 0.15) is 6.42 Å². The minimum atomic E-state index is -0.357. The predicted molar refractivity (Wildman–Crippen MR) is 77.4 cm³/mol. The van der Waals surface area contributed by atoms with Gasteiger partial charge in [0.25, 0.3) is 0 Å². The number of nitrogens with one attached hydrogen (secondary N) is 1. The quantitative estimate of drug-likeness (QED) is 0.908. The number of anilines is 1. The molecule has 4 nitrogen and oxygen atoms in total. The van der Waals surface area contributed by atoms with Gasteiger partial charge in [0.15, 0.2) is 0 Å². The second kappa shape index (κ2) is 5.17. The summed E-state index contributed by atoms with van der Waals surface area (Å²) in [5.41, 5.74) is 2.86. The van der Waals surface area contributed by atoms with Crippen molar-refractivity contribution < 1.29 is 9.59 Å². The summed E-state index contributed by atoms with van der Waals surface area (Å²) in [6.07, 6.45) is 0.328. The van der Waals surface area contributed by atoms with Crippen LogP contribution in [0.4, 0.5) is 10.5 Å². The predicted octanol–water partition coefficient (Wildman–Crippen LogP) is 2.80. The molecule has 0 saturated carbocycles. The van der Waals surface area contributed by atoms with Crippen molar-refractivity contribution in [2.45, 2.75) is 6.42 Å². The highest BCUT2D eigenvalue weighted by Crippen LogP contribution is 2.31. The fraction of sp³-hybridized carbons (Fsp3) is 0.125. The van der Waals surface area contributed by atoms with Gasteiger partial charge in [-0.1, -0.05) is 48.5 Å². The maximum Gasteiger partial charge on any atom is 0.328 e. The molecular weight excluding hydrogens is 252 g/mol. The maximum absolute atomic E-state index is 12.0. The molecule has 1 N–H and O–H groups in total. The Kier molecular flexibility index (Phi) is 3.21. The van der Waals surface area contributed by atoms with E-state index in [-0.39, 0.29) is 11.9 Å². The average Bonchev–Trinajstić information content (AvgIpc) is 2.48. The van der Waals surface area contributed by atoms with Gasteiger partial charge in [0, 0.05) is 18.5 Å². The van der Waals surface area contributed by atoms with E-state index in [1.54, 1.807) is 4.90 Å². The number of hydrogen-bond donors (Lipinski definition) is 1. The van der Waals surface area contributed by atoms with Crippen molar-refractivity contribution >= 4 is 17.6 Å². The Balaban J connectivity index is 2.02. The van der Waals surface area contributed by atoms with Crippen LogP contribution < -0.4 is 10.2 Å². The maximum atomic E-state index is 12.0. The summed E-state index contributed by atoms with van der Waals surface area (Å²) in [5, 5.41) is 2.35. The molecule has 20 heavy (non-hydrogen) atoms. The zero-order chi connectivity index (χ0) is 13.9. The molecule has 0 unspecified atom stereocenters. The molecule has 100 valence electrons. The van der Waals surface area contributed by atoms with E-state index in [4.69, 9.17) is 0 Å². The molecule has 1 aliphatic heterocycles. The van der Waals surface area contributed by atoms with Gasteiger partial charge in [-0.05, 0) is 11.6 Å². The van der Waals surface area contributed by atoms with Crippen molar-refractivity contribution in [3.8, 4) is 11.1 Å². The van der Waals surface area contributed by atoms with Crippen molar-refractivity contribution in [1.29, 1.82) is 0 Å². The summed E-state index contributed by atoms with van der Waals surface area (Å²) in [4.78, 5) is 24.8. The molecule has 3 rings (SSSR count). The van der Waals surface area contributed by atoms with E-state index in [2.05, 4.69) is 5.32 Å². The number of imide groups is 1. The van der Waals surface area contributed by atoms with Crippen LogP contribution in [0.2, 0.25) is 0 Å². The van der Waals surface area contributed by atoms with Crippen LogP contribution >= 0.6 is 0 Å². The van der Waals surface area contributed by atoms with E-state index < -0.39 is 0 Å². The summed E-state index contributed by atoms with van der Waals surface area (Å²) in [7, 11) is 0. The van der Waals surface area contributed by atoms with Gasteiger partial charge < -0.3 is 0 Å². The largest absolute Gasteiger partial charge is 0.328 e. The third-order valence-corrected chi connectivity index (χ3v) is 3.33. The van der Waals surface area contributed by atoms with E-state index in [0.29, 0.717) is 13.0 Å². The molecule has 2 aromatic carbocycles. The van der Waals surface area contributed by atoms with Gasteiger partial charge >= 0.3 is 6.03 Å². The summed E-state index contributed by atoms with van der Waals surface area (Å²) in [5.74, 6) is -0.219. The zero-order valence-electron chi connectivity index (χ0n) is 10.9. The first-order valence-electron chi connectivity index (χ1n) is 6.51. The van der Waals surface area contributed by atoms with E-state index >= 15 is 0 Å². The van der Waals surface area contributed by atoms with Crippen molar-refractivity contribution in [1.82, 2.24) is 5.32 Å². The minimum absolute atomic E-state index is 0.219. The van der Waals surface area contributed by atoms with E-state index in [9.17, 15) is 9.59 Å². The molecule has 4 heteroatoms. The number of nitrogens with zero attached hydrogens (tertiary/aromatic N) is 1. The Morgan fingerprint density at radius 2 is 1.60 bits per heavy atom. The van der Waals surface area contributed by atoms with E-state index in [1.165, 1.54) is 0 Å². The molecule has 0 aromatic heterocycles. The average molecular weight is 266 g/mol. The molecule has 3 amide bonds. The fourth-order valence-corrected chi connectivity index (χ4v) is 2.36. The van der Waals surface area contributed by atoms with Crippen LogP contribution in [0, 0.1) is 0 Å². The number of benzene rings is 2. The molecule has 1 saturated heterocycles. The first-order valence-corrected chi connectivity index (χ1v) is 6.51. The van der Waals surface area contributed by atoms with Crippen molar-refractivity contribution in [3.05, 3.63) is 54.6 Å². The number of urea groups is 1. The van der Waals surface area contributed by atoms with Gasteiger partial charge in [-0.2, -0.15) is 0 Å². The van der Waals surface area contributed by atoms with Gasteiger partial charge in [0.05, 0.1) is 5.69 Å². The molecule has 0 aliphatic carbocycles. The highest BCUT2D eigenvalue weighted by molar-refractivity contribution is 6.07. The van der Waals surface area contributed by atoms with Crippen molar-refractivity contribution in [2.75, 3.05) is 11.4 Å². The summed E-state index contributed by atoms with van der Waals surface area (Å²) in [6, 6.07) is 17.3. The highest BCUT2D eigenvalue weighted by atomic mass is 16.2. The smallest absolute Gasteiger partial charge is 0.293 e. The molecule has 1 heterocycles. The lowest BCUT2D eigenvalue weighted by molar-refractivity contribution is -0.120. The van der Waals surface area contributed by atoms with Crippen LogP contribution in [0.5, 0.6) is 0 Å². The lowest BCUT2D eigenvalue weighted by Gasteiger charge is -2.28. The van der Waals surface area contributed by atoms with Crippen LogP contribution in [0.3, 0.4) is 0 Å². The summed E-state index contributed by atoms with van der Waals surface area (Å²) >= 11 is 0. The van der Waals surface area contributed by atoms with Crippen LogP contribution in [0.25, 0.3) is 11.1 Å². The molecule has 2 aromatic rings. The van der Waals surface area contributed by atoms with Crippen LogP contribution in [0.15, 0.2) is 54.6 Å². The number of para-hydroxylation sites is 1. The molecule has 0 radical (unpaired) electrons. The minimum Gasteiger partial charge on any atom is -0.293 e. The normalized spacial score (nSPS) is 15.1. The summed E-state index contributed by atoms with van der Waals surface area (Å²) in [6.45, 7) is 0.411. The molecule has 1 fully saturated rings. The second-order valence-electron chi connectivity index (χ2n) is 4.64. The standard InChI is InChI=1S/C16H14N2O2/c19-15-10-11-18(16(20)17-15)14-9-5-4-8-13(14)12-6-2-1-3-7-12/h1-9H,10-11H2,(H,17,19,20). The Labute approximate surface area is 117 Å². The number of carbonyl (C=O) groups is 2. The molecule has 1 aliphatic rings. The molecule has 0 bridgehead atoms. The van der Waals surface area contributed by atoms with Gasteiger partial charge in [0.1, 0.15) is 0 Å². The van der Waals surface area contributed by atoms with Gasteiger partial charge in [-0.15, -0.1) is 0 Å². The van der Waals surface area contributed by atoms with Crippen LogP contribution in [-0.2, 0) is 4.79 Å². The molecular formula is C16H14N2O2. The molecule has 0 atom stereocenters. The lowest BCUT2D eigenvalue weighted by atomic mass is 10.0. The Morgan fingerprint density at radius 1 is 0.900 bits per heavy atom. The first kappa shape index (κ1) is 12.4. The third kappa shape index (κ3) is 2.28. The Morgan fingerprint density at radius 3 is 2.35 bits per heavy atom. The van der Waals surface area contributed by atoms with Crippen molar-refractivity contribution in [3.63, 3.8) is 0 Å². The van der Waals surface area contributed by atoms with Crippen molar-refractivity contribution in [2.24, 2.45) is 0 Å². The van der Waals surface area contributed by atoms with Crippen LogP contribution in [-0.4, -0.2) is 18.5 Å². The highest BCUT2D eigenvalue weighted by Gasteiger charge is 2.25. The number of carbonyl (C=O) groups excluding carboxylic acids is 2. The second-order valence-corrected chi connectivity index (χ2v) is 4.64. The SMILES string of the molecule is O=C1CCN(c2ccccc2-c2ccccc2)C(=O)N1. The Hall–Kier alpha value is -2.62. The fourth-order valence-electron chi connectivity index (χ4n) is 2.36. The Bertz CT molecular complexity index is 653. The van der Waals surface area contributed by atoms with Gasteiger partial charge in [-0.25, -0.2) is 4.79 Å². The zero-order valence-corrected chi connectivity index (χ0v) is 10.9. The number of rotatable bonds is 2. The molecule has 0 spiro atoms. The topological polar surface area (TPSA) is 49.4 Å².